The summed E-state index contributed by atoms with van der Waals surface area (Å²) < 4.78 is 27.2. The molecule has 1 heterocycles. The molecule has 0 atom stereocenters. The zero-order chi connectivity index (χ0) is 12.4. The van der Waals surface area contributed by atoms with Crippen LogP contribution in [0.5, 0.6) is 0 Å². The zero-order valence-electron chi connectivity index (χ0n) is 8.51. The van der Waals surface area contributed by atoms with E-state index in [0.29, 0.717) is 0 Å². The lowest BCUT2D eigenvalue weighted by molar-refractivity contribution is -0.387. The van der Waals surface area contributed by atoms with Crippen molar-refractivity contribution < 1.29 is 13.7 Å². The largest absolute Gasteiger partial charge is 0.323 e. The summed E-state index contributed by atoms with van der Waals surface area (Å²) in [5.41, 5.74) is -1.23. The van der Waals surface area contributed by atoms with Crippen LogP contribution in [-0.2, 0) is 0 Å². The van der Waals surface area contributed by atoms with E-state index < -0.39 is 27.9 Å². The van der Waals surface area contributed by atoms with Crippen molar-refractivity contribution in [1.82, 2.24) is 0 Å². The van der Waals surface area contributed by atoms with Crippen LogP contribution in [0.4, 0.5) is 20.2 Å². The molecule has 2 rings (SSSR count). The Labute approximate surface area is 94.8 Å². The van der Waals surface area contributed by atoms with Crippen molar-refractivity contribution in [2.45, 2.75) is 0 Å². The van der Waals surface area contributed by atoms with Crippen molar-refractivity contribution in [3.63, 3.8) is 0 Å². The number of nitro groups is 1. The van der Waals surface area contributed by atoms with Gasteiger partial charge in [0.1, 0.15) is 18.2 Å². The quantitative estimate of drug-likeness (QED) is 0.587. The minimum absolute atomic E-state index is 0.0194. The van der Waals surface area contributed by atoms with Gasteiger partial charge in [-0.05, 0) is 12.1 Å². The van der Waals surface area contributed by atoms with E-state index in [-0.39, 0.29) is 6.67 Å². The fourth-order valence-corrected chi connectivity index (χ4v) is 1.47. The van der Waals surface area contributed by atoms with Crippen LogP contribution in [0.25, 0.3) is 0 Å². The Morgan fingerprint density at radius 3 is 2.76 bits per heavy atom. The van der Waals surface area contributed by atoms with Crippen molar-refractivity contribution >= 4 is 17.6 Å². The number of rotatable bonds is 2. The van der Waals surface area contributed by atoms with Crippen LogP contribution in [0.3, 0.4) is 0 Å². The van der Waals surface area contributed by atoms with E-state index in [9.17, 15) is 18.9 Å². The molecule has 1 aliphatic heterocycles. The Bertz CT molecular complexity index is 529. The van der Waals surface area contributed by atoms with Gasteiger partial charge in [0.15, 0.2) is 0 Å². The Morgan fingerprint density at radius 1 is 1.41 bits per heavy atom. The first kappa shape index (κ1) is 11.2. The number of allylic oxidation sites excluding steroid dienone is 1. The van der Waals surface area contributed by atoms with Gasteiger partial charge in [0.25, 0.3) is 0 Å². The number of nitrogens with zero attached hydrogens (tertiary/aromatic N) is 3. The SMILES string of the molecule is O=[N+]([O-])c1ccc(F)c(N2C=CC=NC2)c1F. The molecule has 1 aromatic rings. The molecule has 0 bridgehead atoms. The van der Waals surface area contributed by atoms with E-state index in [0.717, 1.165) is 17.0 Å². The van der Waals surface area contributed by atoms with Gasteiger partial charge in [0.05, 0.1) is 4.92 Å². The van der Waals surface area contributed by atoms with Crippen LogP contribution in [0.1, 0.15) is 0 Å². The third-order valence-electron chi connectivity index (χ3n) is 2.22. The number of aliphatic imine (C=N–C) groups is 1. The Morgan fingerprint density at radius 2 is 2.18 bits per heavy atom. The molecule has 0 spiro atoms. The summed E-state index contributed by atoms with van der Waals surface area (Å²) in [6.07, 6.45) is 4.36. The maximum Gasteiger partial charge on any atom is 0.307 e. The molecule has 17 heavy (non-hydrogen) atoms. The second-order valence-electron chi connectivity index (χ2n) is 3.27. The number of hydrogen-bond acceptors (Lipinski definition) is 4. The van der Waals surface area contributed by atoms with Crippen LogP contribution < -0.4 is 4.90 Å². The van der Waals surface area contributed by atoms with Crippen LogP contribution >= 0.6 is 0 Å². The first-order valence-corrected chi connectivity index (χ1v) is 4.67. The molecule has 0 radical (unpaired) electrons. The highest BCUT2D eigenvalue weighted by Crippen LogP contribution is 2.30. The number of anilines is 1. The second-order valence-corrected chi connectivity index (χ2v) is 3.27. The van der Waals surface area contributed by atoms with E-state index in [1.54, 1.807) is 0 Å². The molecule has 0 aliphatic carbocycles. The molecule has 0 fully saturated rings. The van der Waals surface area contributed by atoms with Crippen LogP contribution in [0.15, 0.2) is 29.4 Å². The number of nitro benzene ring substituents is 1. The maximum absolute atomic E-state index is 13.8. The predicted molar refractivity (Wildman–Crippen MR) is 58.0 cm³/mol. The third kappa shape index (κ3) is 1.99. The minimum atomic E-state index is -1.20. The van der Waals surface area contributed by atoms with Gasteiger partial charge < -0.3 is 4.90 Å². The number of halogens is 2. The highest BCUT2D eigenvalue weighted by molar-refractivity contribution is 5.74. The molecule has 7 heteroatoms. The van der Waals surface area contributed by atoms with Gasteiger partial charge in [-0.25, -0.2) is 4.39 Å². The summed E-state index contributed by atoms with van der Waals surface area (Å²) in [4.78, 5) is 14.6. The van der Waals surface area contributed by atoms with Gasteiger partial charge in [-0.1, -0.05) is 0 Å². The summed E-state index contributed by atoms with van der Waals surface area (Å²) in [5, 5.41) is 10.5. The van der Waals surface area contributed by atoms with Crippen molar-refractivity contribution in [3.05, 3.63) is 46.2 Å². The smallest absolute Gasteiger partial charge is 0.307 e. The maximum atomic E-state index is 13.8. The molecule has 0 N–H and O–H groups in total. The fourth-order valence-electron chi connectivity index (χ4n) is 1.47. The molecule has 0 saturated carbocycles. The van der Waals surface area contributed by atoms with Gasteiger partial charge in [0.2, 0.25) is 5.82 Å². The molecule has 0 amide bonds. The van der Waals surface area contributed by atoms with Gasteiger partial charge in [-0.3, -0.25) is 15.1 Å². The van der Waals surface area contributed by atoms with Gasteiger partial charge in [-0.2, -0.15) is 4.39 Å². The topological polar surface area (TPSA) is 58.7 Å². The monoisotopic (exact) mass is 239 g/mol. The van der Waals surface area contributed by atoms with Gasteiger partial charge in [0, 0.05) is 18.5 Å². The lowest BCUT2D eigenvalue weighted by Gasteiger charge is -2.20. The van der Waals surface area contributed by atoms with Crippen molar-refractivity contribution in [2.24, 2.45) is 4.99 Å². The standard InChI is InChI=1S/C10H7F2N3O2/c11-7-2-3-8(15(16)17)9(12)10(7)14-5-1-4-13-6-14/h1-5H,6H2. The van der Waals surface area contributed by atoms with Gasteiger partial charge in [-0.15, -0.1) is 0 Å². The normalized spacial score (nSPS) is 14.1. The lowest BCUT2D eigenvalue weighted by Crippen LogP contribution is -2.21. The van der Waals surface area contributed by atoms with E-state index in [4.69, 9.17) is 0 Å². The Balaban J connectivity index is 2.52. The number of benzene rings is 1. The molecule has 0 unspecified atom stereocenters. The first-order valence-electron chi connectivity index (χ1n) is 4.67. The fraction of sp³-hybridized carbons (Fsp3) is 0.100. The van der Waals surface area contributed by atoms with Crippen LogP contribution in [-0.4, -0.2) is 17.8 Å². The molecule has 0 saturated heterocycles. The summed E-state index contributed by atoms with van der Waals surface area (Å²) in [6, 6.07) is 1.66. The summed E-state index contributed by atoms with van der Waals surface area (Å²) >= 11 is 0. The highest BCUT2D eigenvalue weighted by atomic mass is 19.1. The van der Waals surface area contributed by atoms with Crippen LogP contribution in [0, 0.1) is 21.7 Å². The minimum Gasteiger partial charge on any atom is -0.323 e. The van der Waals surface area contributed by atoms with E-state index in [2.05, 4.69) is 4.99 Å². The van der Waals surface area contributed by atoms with Crippen molar-refractivity contribution in [3.8, 4) is 0 Å². The molecule has 1 aromatic carbocycles. The predicted octanol–water partition coefficient (Wildman–Crippen LogP) is 2.24. The highest BCUT2D eigenvalue weighted by Gasteiger charge is 2.24. The van der Waals surface area contributed by atoms with Crippen molar-refractivity contribution in [2.75, 3.05) is 11.6 Å². The van der Waals surface area contributed by atoms with Crippen molar-refractivity contribution in [1.29, 1.82) is 0 Å². The average Bonchev–Trinajstić information content (AvgIpc) is 2.30. The Kier molecular flexibility index (Phi) is 2.82. The summed E-state index contributed by atoms with van der Waals surface area (Å²) in [5.74, 6) is -2.06. The molecule has 88 valence electrons. The summed E-state index contributed by atoms with van der Waals surface area (Å²) in [7, 11) is 0. The second kappa shape index (κ2) is 4.28. The lowest BCUT2D eigenvalue weighted by atomic mass is 10.2. The molecular formula is C10H7F2N3O2. The van der Waals surface area contributed by atoms with E-state index >= 15 is 0 Å². The van der Waals surface area contributed by atoms with E-state index in [1.165, 1.54) is 18.5 Å². The van der Waals surface area contributed by atoms with E-state index in [1.807, 2.05) is 0 Å². The average molecular weight is 239 g/mol. The molecule has 1 aliphatic rings. The molecule has 5 nitrogen and oxygen atoms in total. The van der Waals surface area contributed by atoms with Gasteiger partial charge >= 0.3 is 5.69 Å². The summed E-state index contributed by atoms with van der Waals surface area (Å²) in [6.45, 7) is 0.0194. The zero-order valence-corrected chi connectivity index (χ0v) is 8.51. The molecular weight excluding hydrogens is 232 g/mol. The Hall–Kier alpha value is -2.31. The number of hydrogen-bond donors (Lipinski definition) is 0. The van der Waals surface area contributed by atoms with Crippen LogP contribution in [0.2, 0.25) is 0 Å². The third-order valence-corrected chi connectivity index (χ3v) is 2.22. The first-order chi connectivity index (χ1) is 8.11. The molecule has 0 aromatic heterocycles.